The zero-order valence-corrected chi connectivity index (χ0v) is 12.2. The number of carboxylic acids is 1. The summed E-state index contributed by atoms with van der Waals surface area (Å²) in [5.41, 5.74) is 0.435. The van der Waals surface area contributed by atoms with Crippen molar-refractivity contribution < 1.29 is 15.0 Å². The van der Waals surface area contributed by atoms with E-state index in [1.807, 2.05) is 0 Å². The average molecular weight is 296 g/mol. The summed E-state index contributed by atoms with van der Waals surface area (Å²) in [6, 6.07) is -0.577. The summed E-state index contributed by atoms with van der Waals surface area (Å²) in [4.78, 5) is 11.5. The van der Waals surface area contributed by atoms with Crippen LogP contribution in [0.4, 0.5) is 0 Å². The number of aliphatic hydroxyl groups excluding tert-OH is 1. The Kier molecular flexibility index (Phi) is 6.13. The van der Waals surface area contributed by atoms with Crippen molar-refractivity contribution in [1.29, 1.82) is 0 Å². The van der Waals surface area contributed by atoms with Crippen LogP contribution in [0.25, 0.3) is 0 Å². The molecule has 118 valence electrons. The number of aromatic nitrogens is 3. The number of aliphatic carboxylic acids is 1. The molecule has 0 saturated heterocycles. The number of aryl methyl sites for hydroxylation is 1. The van der Waals surface area contributed by atoms with Gasteiger partial charge in [0.1, 0.15) is 5.69 Å². The monoisotopic (exact) mass is 296 g/mol. The standard InChI is InChI=1S/C14H24N4O3/c19-9-5-8-18-10-12(16-17-18)13(14(20)21)15-11-6-3-1-2-4-7-11/h10-11,13,15,19H,1-9H2,(H,20,21). The quantitative estimate of drug-likeness (QED) is 0.651. The number of hydrogen-bond acceptors (Lipinski definition) is 5. The maximum absolute atomic E-state index is 11.5. The zero-order chi connectivity index (χ0) is 15.1. The molecular weight excluding hydrogens is 272 g/mol. The highest BCUT2D eigenvalue weighted by Gasteiger charge is 2.26. The van der Waals surface area contributed by atoms with Gasteiger partial charge in [-0.3, -0.25) is 14.8 Å². The Hall–Kier alpha value is -1.47. The molecule has 1 fully saturated rings. The van der Waals surface area contributed by atoms with Crippen molar-refractivity contribution in [3.63, 3.8) is 0 Å². The Bertz CT molecular complexity index is 441. The molecule has 2 rings (SSSR count). The Balaban J connectivity index is 2.00. The molecular formula is C14H24N4O3. The van der Waals surface area contributed by atoms with Crippen molar-refractivity contribution in [1.82, 2.24) is 20.3 Å². The topological polar surface area (TPSA) is 100 Å². The molecule has 1 aromatic heterocycles. The van der Waals surface area contributed by atoms with Crippen LogP contribution < -0.4 is 5.32 Å². The highest BCUT2D eigenvalue weighted by atomic mass is 16.4. The molecule has 3 N–H and O–H groups in total. The third-order valence-electron chi connectivity index (χ3n) is 3.90. The molecule has 0 spiro atoms. The molecule has 1 heterocycles. The second-order valence-corrected chi connectivity index (χ2v) is 5.61. The maximum atomic E-state index is 11.5. The first-order valence-corrected chi connectivity index (χ1v) is 7.70. The van der Waals surface area contributed by atoms with Gasteiger partial charge in [-0.05, 0) is 19.3 Å². The summed E-state index contributed by atoms with van der Waals surface area (Å²) in [7, 11) is 0. The van der Waals surface area contributed by atoms with Crippen molar-refractivity contribution in [2.24, 2.45) is 0 Å². The molecule has 0 radical (unpaired) electrons. The number of hydrogen-bond donors (Lipinski definition) is 3. The van der Waals surface area contributed by atoms with E-state index in [1.54, 1.807) is 10.9 Å². The lowest BCUT2D eigenvalue weighted by Gasteiger charge is -2.20. The van der Waals surface area contributed by atoms with Gasteiger partial charge >= 0.3 is 5.97 Å². The fourth-order valence-corrected chi connectivity index (χ4v) is 2.75. The van der Waals surface area contributed by atoms with Gasteiger partial charge in [-0.1, -0.05) is 30.9 Å². The molecule has 7 heteroatoms. The molecule has 1 atom stereocenters. The second kappa shape index (κ2) is 8.09. The van der Waals surface area contributed by atoms with Gasteiger partial charge in [-0.2, -0.15) is 0 Å². The van der Waals surface area contributed by atoms with Gasteiger partial charge in [0.15, 0.2) is 6.04 Å². The molecule has 0 amide bonds. The normalized spacial score (nSPS) is 18.3. The number of nitrogens with one attached hydrogen (secondary N) is 1. The van der Waals surface area contributed by atoms with E-state index in [-0.39, 0.29) is 12.6 Å². The van der Waals surface area contributed by atoms with Gasteiger partial charge < -0.3 is 10.2 Å². The van der Waals surface area contributed by atoms with Gasteiger partial charge in [-0.15, -0.1) is 5.10 Å². The van der Waals surface area contributed by atoms with E-state index in [0.29, 0.717) is 18.7 Å². The first-order valence-electron chi connectivity index (χ1n) is 7.70. The van der Waals surface area contributed by atoms with Gasteiger partial charge in [0.05, 0.1) is 6.20 Å². The first-order chi connectivity index (χ1) is 10.2. The smallest absolute Gasteiger partial charge is 0.327 e. The van der Waals surface area contributed by atoms with Crippen LogP contribution in [-0.4, -0.2) is 43.8 Å². The van der Waals surface area contributed by atoms with Crippen molar-refractivity contribution >= 4 is 5.97 Å². The molecule has 21 heavy (non-hydrogen) atoms. The van der Waals surface area contributed by atoms with Crippen LogP contribution >= 0.6 is 0 Å². The molecule has 1 unspecified atom stereocenters. The minimum absolute atomic E-state index is 0.0812. The lowest BCUT2D eigenvalue weighted by Crippen LogP contribution is -2.37. The number of carboxylic acid groups (broad SMARTS) is 1. The third-order valence-corrected chi connectivity index (χ3v) is 3.90. The summed E-state index contributed by atoms with van der Waals surface area (Å²) < 4.78 is 1.58. The fraction of sp³-hybridized carbons (Fsp3) is 0.786. The Morgan fingerprint density at radius 2 is 2.10 bits per heavy atom. The van der Waals surface area contributed by atoms with E-state index < -0.39 is 12.0 Å². The molecule has 1 aliphatic rings. The van der Waals surface area contributed by atoms with Crippen LogP contribution in [0, 0.1) is 0 Å². The zero-order valence-electron chi connectivity index (χ0n) is 12.2. The van der Waals surface area contributed by atoms with Gasteiger partial charge in [0.25, 0.3) is 0 Å². The summed E-state index contributed by atoms with van der Waals surface area (Å²) in [6.45, 7) is 0.622. The number of rotatable bonds is 7. The summed E-state index contributed by atoms with van der Waals surface area (Å²) in [6.07, 6.45) is 9.01. The second-order valence-electron chi connectivity index (χ2n) is 5.61. The summed E-state index contributed by atoms with van der Waals surface area (Å²) in [5.74, 6) is -0.923. The van der Waals surface area contributed by atoms with Crippen LogP contribution in [0.5, 0.6) is 0 Å². The van der Waals surface area contributed by atoms with Crippen LogP contribution in [0.15, 0.2) is 6.20 Å². The van der Waals surface area contributed by atoms with E-state index in [2.05, 4.69) is 15.6 Å². The summed E-state index contributed by atoms with van der Waals surface area (Å²) >= 11 is 0. The molecule has 1 saturated carbocycles. The maximum Gasteiger partial charge on any atom is 0.327 e. The van der Waals surface area contributed by atoms with E-state index in [4.69, 9.17) is 5.11 Å². The number of aliphatic hydroxyl groups is 1. The minimum atomic E-state index is -0.923. The molecule has 1 aliphatic carbocycles. The van der Waals surface area contributed by atoms with Crippen molar-refractivity contribution in [2.45, 2.75) is 63.6 Å². The van der Waals surface area contributed by atoms with Gasteiger partial charge in [0, 0.05) is 19.2 Å². The number of nitrogens with zero attached hydrogens (tertiary/aromatic N) is 3. The molecule has 0 aromatic carbocycles. The minimum Gasteiger partial charge on any atom is -0.480 e. The van der Waals surface area contributed by atoms with Crippen LogP contribution in [0.1, 0.15) is 56.7 Å². The summed E-state index contributed by atoms with van der Waals surface area (Å²) in [5, 5.41) is 29.3. The van der Waals surface area contributed by atoms with Gasteiger partial charge in [0.2, 0.25) is 0 Å². The van der Waals surface area contributed by atoms with Gasteiger partial charge in [-0.25, -0.2) is 0 Å². The molecule has 1 aromatic rings. The predicted octanol–water partition coefficient (Wildman–Crippen LogP) is 1.10. The third kappa shape index (κ3) is 4.78. The highest BCUT2D eigenvalue weighted by molar-refractivity contribution is 5.74. The van der Waals surface area contributed by atoms with Crippen LogP contribution in [-0.2, 0) is 11.3 Å². The Morgan fingerprint density at radius 3 is 2.71 bits per heavy atom. The first kappa shape index (κ1) is 15.9. The SMILES string of the molecule is O=C(O)C(NC1CCCCCC1)c1cn(CCCO)nn1. The predicted molar refractivity (Wildman–Crippen MR) is 76.7 cm³/mol. The molecule has 7 nitrogen and oxygen atoms in total. The van der Waals surface area contributed by atoms with Crippen molar-refractivity contribution in [3.8, 4) is 0 Å². The van der Waals surface area contributed by atoms with E-state index in [9.17, 15) is 9.90 Å². The van der Waals surface area contributed by atoms with Crippen LogP contribution in [0.2, 0.25) is 0 Å². The largest absolute Gasteiger partial charge is 0.480 e. The molecule has 0 bridgehead atoms. The highest BCUT2D eigenvalue weighted by Crippen LogP contribution is 2.20. The van der Waals surface area contributed by atoms with Crippen molar-refractivity contribution in [2.75, 3.05) is 6.61 Å². The number of carbonyl (C=O) groups is 1. The molecule has 0 aliphatic heterocycles. The Labute approximate surface area is 124 Å². The van der Waals surface area contributed by atoms with Crippen molar-refractivity contribution in [3.05, 3.63) is 11.9 Å². The van der Waals surface area contributed by atoms with Crippen LogP contribution in [0.3, 0.4) is 0 Å². The lowest BCUT2D eigenvalue weighted by atomic mass is 10.1. The Morgan fingerprint density at radius 1 is 1.38 bits per heavy atom. The average Bonchev–Trinajstić information content (AvgIpc) is 2.77. The fourth-order valence-electron chi connectivity index (χ4n) is 2.75. The van der Waals surface area contributed by atoms with E-state index in [1.165, 1.54) is 12.8 Å². The lowest BCUT2D eigenvalue weighted by molar-refractivity contribution is -0.140. The van der Waals surface area contributed by atoms with E-state index in [0.717, 1.165) is 25.7 Å². The van der Waals surface area contributed by atoms with E-state index >= 15 is 0 Å².